The van der Waals surface area contributed by atoms with Crippen LogP contribution in [0.5, 0.6) is 0 Å². The van der Waals surface area contributed by atoms with Gasteiger partial charge in [-0.15, -0.1) is 0 Å². The van der Waals surface area contributed by atoms with E-state index >= 15 is 0 Å². The van der Waals surface area contributed by atoms with Crippen LogP contribution >= 0.6 is 0 Å². The fourth-order valence-corrected chi connectivity index (χ4v) is 6.91. The molecule has 3 aromatic rings. The largest absolute Gasteiger partial charge is 0.444 e. The highest BCUT2D eigenvalue weighted by Crippen LogP contribution is 2.44. The summed E-state index contributed by atoms with van der Waals surface area (Å²) in [6.45, 7) is 7.04. The number of aromatic nitrogens is 2. The number of Topliss-reactive ketones (excluding diaryl/α,β-unsaturated/α-hetero) is 1. The zero-order chi connectivity index (χ0) is 25.2. The Balaban J connectivity index is 1.57. The van der Waals surface area contributed by atoms with E-state index in [-0.39, 0.29) is 30.1 Å². The van der Waals surface area contributed by atoms with Gasteiger partial charge in [0.05, 0.1) is 22.3 Å². The third kappa shape index (κ3) is 3.85. The number of piperidine rings is 1. The Morgan fingerprint density at radius 2 is 2.03 bits per heavy atom. The number of nitrogens with one attached hydrogen (secondary N) is 2. The summed E-state index contributed by atoms with van der Waals surface area (Å²) in [5.74, 6) is -0.187. The van der Waals surface area contributed by atoms with E-state index in [0.717, 1.165) is 5.56 Å². The average Bonchev–Trinajstić information content (AvgIpc) is 3.35. The van der Waals surface area contributed by atoms with Crippen molar-refractivity contribution in [2.45, 2.75) is 61.9 Å². The number of fused-ring (bicyclic) bond motifs is 3. The number of nitrogens with zero attached hydrogens (tertiary/aromatic N) is 2. The first-order valence-electron chi connectivity index (χ1n) is 11.5. The van der Waals surface area contributed by atoms with Crippen molar-refractivity contribution < 1.29 is 22.7 Å². The molecule has 0 bridgehead atoms. The lowest BCUT2D eigenvalue weighted by molar-refractivity contribution is 0.0133. The lowest BCUT2D eigenvalue weighted by Gasteiger charge is -2.43. The Morgan fingerprint density at radius 3 is 2.74 bits per heavy atom. The van der Waals surface area contributed by atoms with Crippen LogP contribution in [0.15, 0.2) is 47.6 Å². The molecule has 1 spiro atoms. The van der Waals surface area contributed by atoms with Gasteiger partial charge < -0.3 is 15.0 Å². The van der Waals surface area contributed by atoms with Gasteiger partial charge in [-0.3, -0.25) is 9.69 Å². The third-order valence-electron chi connectivity index (χ3n) is 6.58. The molecule has 2 aliphatic heterocycles. The average molecular weight is 497 g/mol. The number of anilines is 1. The van der Waals surface area contributed by atoms with Gasteiger partial charge in [-0.2, -0.15) is 0 Å². The number of likely N-dealkylation sites (tertiary alicyclic amines) is 1. The minimum absolute atomic E-state index is 0.0427. The molecule has 184 valence electrons. The van der Waals surface area contributed by atoms with Crippen LogP contribution in [0.1, 0.15) is 49.5 Å². The SMILES string of the molecule is Cc1cccc(S(=O)(=O)C2CC3(CCN2C(=O)OC(C)(C)C)Nc2cnc4[nH]ccc4c2C3=O)c1. The maximum Gasteiger partial charge on any atom is 0.411 e. The number of rotatable bonds is 2. The zero-order valence-electron chi connectivity index (χ0n) is 20.1. The highest BCUT2D eigenvalue weighted by atomic mass is 32.2. The fourth-order valence-electron chi connectivity index (χ4n) is 4.94. The first-order valence-corrected chi connectivity index (χ1v) is 13.1. The van der Waals surface area contributed by atoms with Gasteiger partial charge in [-0.05, 0) is 57.9 Å². The van der Waals surface area contributed by atoms with E-state index in [9.17, 15) is 18.0 Å². The lowest BCUT2D eigenvalue weighted by Crippen LogP contribution is -2.60. The summed E-state index contributed by atoms with van der Waals surface area (Å²) in [5, 5.41) is 2.69. The van der Waals surface area contributed by atoms with Gasteiger partial charge in [-0.1, -0.05) is 12.1 Å². The summed E-state index contributed by atoms with van der Waals surface area (Å²) < 4.78 is 33.4. The fraction of sp³-hybridized carbons (Fsp3) is 0.400. The van der Waals surface area contributed by atoms with Crippen LogP contribution in [0.2, 0.25) is 0 Å². The summed E-state index contributed by atoms with van der Waals surface area (Å²) in [7, 11) is -4.03. The number of aryl methyl sites for hydroxylation is 1. The molecule has 0 aliphatic carbocycles. The van der Waals surface area contributed by atoms with Crippen LogP contribution in [0, 0.1) is 6.92 Å². The van der Waals surface area contributed by atoms with E-state index in [0.29, 0.717) is 22.3 Å². The van der Waals surface area contributed by atoms with Crippen molar-refractivity contribution in [3.8, 4) is 0 Å². The molecule has 1 saturated heterocycles. The maximum absolute atomic E-state index is 13.9. The molecular formula is C25H28N4O5S. The molecule has 1 amide bonds. The summed E-state index contributed by atoms with van der Waals surface area (Å²) in [6.07, 6.45) is 2.72. The standard InChI is InChI=1S/C25H28N4O5S/c1-15-6-5-7-16(12-15)35(32,33)19-13-25(9-11-29(19)23(31)34-24(2,3)4)21(30)20-17-8-10-26-22(17)27-14-18(20)28-25/h5-8,10,12,14,19,28H,9,11,13H2,1-4H3,(H,26,27). The number of benzene rings is 1. The Hall–Kier alpha value is -3.40. The molecule has 0 saturated carbocycles. The van der Waals surface area contributed by atoms with Crippen LogP contribution in [0.25, 0.3) is 11.0 Å². The molecule has 2 aliphatic rings. The van der Waals surface area contributed by atoms with E-state index in [1.54, 1.807) is 64.4 Å². The van der Waals surface area contributed by atoms with Crippen molar-refractivity contribution in [2.75, 3.05) is 11.9 Å². The number of hydrogen-bond acceptors (Lipinski definition) is 7. The molecule has 35 heavy (non-hydrogen) atoms. The first kappa shape index (κ1) is 23.3. The first-order chi connectivity index (χ1) is 16.4. The minimum Gasteiger partial charge on any atom is -0.444 e. The topological polar surface area (TPSA) is 121 Å². The Kier molecular flexibility index (Phi) is 5.21. The Morgan fingerprint density at radius 1 is 1.26 bits per heavy atom. The molecule has 1 fully saturated rings. The van der Waals surface area contributed by atoms with E-state index in [4.69, 9.17) is 4.74 Å². The third-order valence-corrected chi connectivity index (χ3v) is 8.63. The van der Waals surface area contributed by atoms with Gasteiger partial charge in [0, 0.05) is 24.5 Å². The molecule has 1 aromatic carbocycles. The van der Waals surface area contributed by atoms with Crippen molar-refractivity contribution in [1.82, 2.24) is 14.9 Å². The predicted molar refractivity (Wildman–Crippen MR) is 131 cm³/mol. The second-order valence-corrected chi connectivity index (χ2v) is 12.4. The molecule has 9 nitrogen and oxygen atoms in total. The molecule has 0 radical (unpaired) electrons. The van der Waals surface area contributed by atoms with Gasteiger partial charge in [0.2, 0.25) is 0 Å². The monoisotopic (exact) mass is 496 g/mol. The minimum atomic E-state index is -4.03. The van der Waals surface area contributed by atoms with Crippen LogP contribution in [0.4, 0.5) is 10.5 Å². The van der Waals surface area contributed by atoms with E-state index in [1.807, 2.05) is 0 Å². The quantitative estimate of drug-likeness (QED) is 0.549. The van der Waals surface area contributed by atoms with Gasteiger partial charge in [0.25, 0.3) is 0 Å². The normalized spacial score (nSPS) is 22.3. The molecule has 5 rings (SSSR count). The summed E-state index contributed by atoms with van der Waals surface area (Å²) in [6, 6.07) is 8.36. The summed E-state index contributed by atoms with van der Waals surface area (Å²) in [4.78, 5) is 35.7. The van der Waals surface area contributed by atoms with Crippen LogP contribution < -0.4 is 5.32 Å². The van der Waals surface area contributed by atoms with Crippen molar-refractivity contribution in [3.63, 3.8) is 0 Å². The molecular weight excluding hydrogens is 468 g/mol. The maximum atomic E-state index is 13.9. The van der Waals surface area contributed by atoms with E-state index in [2.05, 4.69) is 15.3 Å². The number of hydrogen-bond donors (Lipinski definition) is 2. The van der Waals surface area contributed by atoms with Crippen molar-refractivity contribution in [1.29, 1.82) is 0 Å². The number of amides is 1. The second-order valence-electron chi connectivity index (χ2n) is 10.3. The van der Waals surface area contributed by atoms with Crippen LogP contribution in [0.3, 0.4) is 0 Å². The van der Waals surface area contributed by atoms with Crippen LogP contribution in [-0.2, 0) is 14.6 Å². The van der Waals surface area contributed by atoms with Gasteiger partial charge in [0.15, 0.2) is 15.6 Å². The number of pyridine rings is 1. The van der Waals surface area contributed by atoms with Gasteiger partial charge in [0.1, 0.15) is 22.2 Å². The highest BCUT2D eigenvalue weighted by Gasteiger charge is 2.55. The smallest absolute Gasteiger partial charge is 0.411 e. The number of H-pyrrole nitrogens is 1. The number of carbonyl (C=O) groups is 2. The van der Waals surface area contributed by atoms with Crippen LogP contribution in [-0.4, -0.2) is 58.2 Å². The van der Waals surface area contributed by atoms with Crippen molar-refractivity contribution >= 4 is 38.4 Å². The second kappa shape index (κ2) is 7.81. The Labute approximate surface area is 203 Å². The molecule has 2 aromatic heterocycles. The number of sulfone groups is 1. The van der Waals surface area contributed by atoms with E-state index < -0.39 is 32.4 Å². The lowest BCUT2D eigenvalue weighted by atomic mass is 9.83. The molecule has 2 N–H and O–H groups in total. The van der Waals surface area contributed by atoms with E-state index in [1.165, 1.54) is 11.0 Å². The molecule has 4 heterocycles. The van der Waals surface area contributed by atoms with Gasteiger partial charge in [-0.25, -0.2) is 18.2 Å². The van der Waals surface area contributed by atoms with Gasteiger partial charge >= 0.3 is 6.09 Å². The Bertz CT molecular complexity index is 1460. The highest BCUT2D eigenvalue weighted by molar-refractivity contribution is 7.92. The summed E-state index contributed by atoms with van der Waals surface area (Å²) >= 11 is 0. The summed E-state index contributed by atoms with van der Waals surface area (Å²) in [5.41, 5.74) is 0.464. The molecule has 10 heteroatoms. The number of ketones is 1. The number of ether oxygens (including phenoxy) is 1. The number of carbonyl (C=O) groups excluding carboxylic acids is 2. The predicted octanol–water partition coefficient (Wildman–Crippen LogP) is 4.05. The van der Waals surface area contributed by atoms with Crippen molar-refractivity contribution in [2.24, 2.45) is 0 Å². The number of aromatic amines is 1. The molecule has 2 atom stereocenters. The zero-order valence-corrected chi connectivity index (χ0v) is 20.9. The molecule has 2 unspecified atom stereocenters. The van der Waals surface area contributed by atoms with Crippen molar-refractivity contribution in [3.05, 3.63) is 53.9 Å².